The lowest BCUT2D eigenvalue weighted by Gasteiger charge is -2.22. The fourth-order valence-electron chi connectivity index (χ4n) is 2.29. The lowest BCUT2D eigenvalue weighted by Crippen LogP contribution is -2.45. The second-order valence-electron chi connectivity index (χ2n) is 6.14. The van der Waals surface area contributed by atoms with E-state index in [1.165, 1.54) is 4.90 Å². The summed E-state index contributed by atoms with van der Waals surface area (Å²) in [6.45, 7) is 7.18. The normalized spacial score (nSPS) is 22.7. The van der Waals surface area contributed by atoms with Crippen LogP contribution in [0, 0.1) is 11.8 Å². The number of halogens is 3. The number of rotatable bonds is 5. The minimum absolute atomic E-state index is 0.236. The van der Waals surface area contributed by atoms with Gasteiger partial charge in [0.2, 0.25) is 0 Å². The molecule has 7 heteroatoms. The van der Waals surface area contributed by atoms with Crippen molar-refractivity contribution in [2.45, 2.75) is 39.4 Å². The number of aliphatic imine (C=N–C) groups is 1. The maximum Gasteiger partial charge on any atom is 0.401 e. The largest absolute Gasteiger partial charge is 0.401 e. The average molecular weight is 308 g/mol. The van der Waals surface area contributed by atoms with Crippen molar-refractivity contribution < 1.29 is 13.2 Å². The first-order valence-electron chi connectivity index (χ1n) is 7.47. The lowest BCUT2D eigenvalue weighted by atomic mass is 10.1. The molecule has 0 aromatic heterocycles. The molecule has 0 saturated carbocycles. The molecule has 1 aliphatic heterocycles. The maximum atomic E-state index is 12.3. The smallest absolute Gasteiger partial charge is 0.356 e. The Hall–Kier alpha value is -0.980. The van der Waals surface area contributed by atoms with Crippen molar-refractivity contribution in [1.29, 1.82) is 0 Å². The number of hydrogen-bond donors (Lipinski definition) is 2. The van der Waals surface area contributed by atoms with Gasteiger partial charge in [-0.1, -0.05) is 13.8 Å². The Morgan fingerprint density at radius 1 is 1.33 bits per heavy atom. The van der Waals surface area contributed by atoms with Gasteiger partial charge in [-0.3, -0.25) is 9.89 Å². The van der Waals surface area contributed by atoms with Crippen molar-refractivity contribution in [2.75, 3.05) is 33.2 Å². The summed E-state index contributed by atoms with van der Waals surface area (Å²) in [5, 5.41) is 6.50. The van der Waals surface area contributed by atoms with E-state index in [2.05, 4.69) is 36.4 Å². The highest BCUT2D eigenvalue weighted by Crippen LogP contribution is 2.22. The topological polar surface area (TPSA) is 39.7 Å². The maximum absolute atomic E-state index is 12.3. The second kappa shape index (κ2) is 7.87. The van der Waals surface area contributed by atoms with Gasteiger partial charge in [0.25, 0.3) is 0 Å². The van der Waals surface area contributed by atoms with Crippen LogP contribution in [0.3, 0.4) is 0 Å². The summed E-state index contributed by atoms with van der Waals surface area (Å²) in [6, 6.07) is 0.293. The van der Waals surface area contributed by atoms with Gasteiger partial charge in [0.05, 0.1) is 6.54 Å². The molecule has 124 valence electrons. The summed E-state index contributed by atoms with van der Waals surface area (Å²) in [5.41, 5.74) is 0. The summed E-state index contributed by atoms with van der Waals surface area (Å²) < 4.78 is 37.0. The summed E-state index contributed by atoms with van der Waals surface area (Å²) in [4.78, 5) is 5.62. The Balaban J connectivity index is 2.32. The van der Waals surface area contributed by atoms with E-state index < -0.39 is 12.7 Å². The van der Waals surface area contributed by atoms with Crippen molar-refractivity contribution in [3.8, 4) is 0 Å². The van der Waals surface area contributed by atoms with Gasteiger partial charge in [0.15, 0.2) is 5.96 Å². The zero-order valence-electron chi connectivity index (χ0n) is 13.3. The summed E-state index contributed by atoms with van der Waals surface area (Å²) in [6.07, 6.45) is -3.31. The molecule has 4 nitrogen and oxygen atoms in total. The first-order chi connectivity index (χ1) is 9.71. The minimum Gasteiger partial charge on any atom is -0.356 e. The summed E-state index contributed by atoms with van der Waals surface area (Å²) in [5.74, 6) is 1.43. The summed E-state index contributed by atoms with van der Waals surface area (Å²) >= 11 is 0. The van der Waals surface area contributed by atoms with Gasteiger partial charge >= 0.3 is 6.18 Å². The third kappa shape index (κ3) is 7.02. The molecule has 0 bridgehead atoms. The molecule has 1 saturated heterocycles. The van der Waals surface area contributed by atoms with E-state index in [1.54, 1.807) is 7.05 Å². The molecule has 0 aliphatic carbocycles. The molecule has 2 N–H and O–H groups in total. The van der Waals surface area contributed by atoms with Crippen LogP contribution in [0.15, 0.2) is 4.99 Å². The fraction of sp³-hybridized carbons (Fsp3) is 0.929. The zero-order chi connectivity index (χ0) is 16.0. The molecule has 0 aromatic carbocycles. The standard InChI is InChI=1S/C14H27F3N4/c1-10(2)11(3)20-13(18-4)19-7-12-5-6-21(8-12)9-14(15,16)17/h10-12H,5-9H2,1-4H3,(H2,18,19,20). The van der Waals surface area contributed by atoms with Crippen LogP contribution in [0.25, 0.3) is 0 Å². The first kappa shape index (κ1) is 18.1. The van der Waals surface area contributed by atoms with Crippen LogP contribution in [-0.4, -0.2) is 56.3 Å². The molecule has 0 radical (unpaired) electrons. The molecule has 0 amide bonds. The molecular formula is C14H27F3N4. The van der Waals surface area contributed by atoms with Gasteiger partial charge in [-0.15, -0.1) is 0 Å². The molecule has 1 fully saturated rings. The molecule has 2 atom stereocenters. The number of alkyl halides is 3. The van der Waals surface area contributed by atoms with Crippen LogP contribution >= 0.6 is 0 Å². The van der Waals surface area contributed by atoms with E-state index in [0.717, 1.165) is 6.42 Å². The van der Waals surface area contributed by atoms with E-state index in [0.29, 0.717) is 37.6 Å². The van der Waals surface area contributed by atoms with Gasteiger partial charge in [-0.05, 0) is 31.7 Å². The Morgan fingerprint density at radius 3 is 2.52 bits per heavy atom. The van der Waals surface area contributed by atoms with Crippen LogP contribution in [0.1, 0.15) is 27.2 Å². The van der Waals surface area contributed by atoms with Gasteiger partial charge in [-0.2, -0.15) is 13.2 Å². The highest BCUT2D eigenvalue weighted by Gasteiger charge is 2.34. The number of nitrogens with one attached hydrogen (secondary N) is 2. The number of hydrogen-bond acceptors (Lipinski definition) is 2. The van der Waals surface area contributed by atoms with Crippen LogP contribution < -0.4 is 10.6 Å². The third-order valence-corrected chi connectivity index (χ3v) is 3.92. The van der Waals surface area contributed by atoms with E-state index in [9.17, 15) is 13.2 Å². The van der Waals surface area contributed by atoms with Gasteiger partial charge in [-0.25, -0.2) is 0 Å². The monoisotopic (exact) mass is 308 g/mol. The van der Waals surface area contributed by atoms with Crippen molar-refractivity contribution >= 4 is 5.96 Å². The number of guanidine groups is 1. The molecule has 0 spiro atoms. The number of likely N-dealkylation sites (tertiary alicyclic amines) is 1. The zero-order valence-corrected chi connectivity index (χ0v) is 13.3. The third-order valence-electron chi connectivity index (χ3n) is 3.92. The molecule has 0 aromatic rings. The van der Waals surface area contributed by atoms with Crippen molar-refractivity contribution in [1.82, 2.24) is 15.5 Å². The van der Waals surface area contributed by atoms with Crippen LogP contribution in [0.2, 0.25) is 0 Å². The van der Waals surface area contributed by atoms with Crippen LogP contribution in [0.4, 0.5) is 13.2 Å². The Bertz CT molecular complexity index is 342. The summed E-state index contributed by atoms with van der Waals surface area (Å²) in [7, 11) is 1.70. The van der Waals surface area contributed by atoms with E-state index in [4.69, 9.17) is 0 Å². The molecule has 21 heavy (non-hydrogen) atoms. The van der Waals surface area contributed by atoms with E-state index in [-0.39, 0.29) is 5.92 Å². The predicted octanol–water partition coefficient (Wildman–Crippen LogP) is 2.08. The van der Waals surface area contributed by atoms with E-state index >= 15 is 0 Å². The SMILES string of the molecule is CN=C(NCC1CCN(CC(F)(F)F)C1)NC(C)C(C)C. The van der Waals surface area contributed by atoms with Gasteiger partial charge < -0.3 is 10.6 Å². The van der Waals surface area contributed by atoms with Crippen molar-refractivity contribution in [3.05, 3.63) is 0 Å². The Kier molecular flexibility index (Phi) is 6.77. The van der Waals surface area contributed by atoms with Crippen LogP contribution in [-0.2, 0) is 0 Å². The van der Waals surface area contributed by atoms with Gasteiger partial charge in [0.1, 0.15) is 0 Å². The highest BCUT2D eigenvalue weighted by molar-refractivity contribution is 5.79. The van der Waals surface area contributed by atoms with Gasteiger partial charge in [0, 0.05) is 26.2 Å². The van der Waals surface area contributed by atoms with Crippen LogP contribution in [0.5, 0.6) is 0 Å². The Labute approximate surface area is 125 Å². The Morgan fingerprint density at radius 2 is 2.00 bits per heavy atom. The van der Waals surface area contributed by atoms with Crippen molar-refractivity contribution in [2.24, 2.45) is 16.8 Å². The molecular weight excluding hydrogens is 281 g/mol. The molecule has 2 unspecified atom stereocenters. The second-order valence-corrected chi connectivity index (χ2v) is 6.14. The first-order valence-corrected chi connectivity index (χ1v) is 7.47. The lowest BCUT2D eigenvalue weighted by molar-refractivity contribution is -0.143. The predicted molar refractivity (Wildman–Crippen MR) is 79.4 cm³/mol. The number of nitrogens with zero attached hydrogens (tertiary/aromatic N) is 2. The quantitative estimate of drug-likeness (QED) is 0.603. The fourth-order valence-corrected chi connectivity index (χ4v) is 2.29. The average Bonchev–Trinajstić information content (AvgIpc) is 2.79. The molecule has 1 heterocycles. The minimum atomic E-state index is -4.10. The van der Waals surface area contributed by atoms with Crippen molar-refractivity contribution in [3.63, 3.8) is 0 Å². The molecule has 1 aliphatic rings. The van der Waals surface area contributed by atoms with E-state index in [1.807, 2.05) is 0 Å². The molecule has 1 rings (SSSR count). The highest BCUT2D eigenvalue weighted by atomic mass is 19.4.